The van der Waals surface area contributed by atoms with Gasteiger partial charge in [0.2, 0.25) is 0 Å². The predicted octanol–water partition coefficient (Wildman–Crippen LogP) is 3.02. The highest BCUT2D eigenvalue weighted by Gasteiger charge is 2.11. The average molecular weight is 285 g/mol. The van der Waals surface area contributed by atoms with Crippen LogP contribution in [-0.4, -0.2) is 10.9 Å². The van der Waals surface area contributed by atoms with E-state index in [1.54, 1.807) is 23.5 Å². The van der Waals surface area contributed by atoms with Crippen LogP contribution in [0.5, 0.6) is 0 Å². The highest BCUT2D eigenvalue weighted by atomic mass is 35.5. The zero-order valence-electron chi connectivity index (χ0n) is 10.1. The normalized spacial score (nSPS) is 10.6. The van der Waals surface area contributed by atoms with Crippen LogP contribution < -0.4 is 5.32 Å². The van der Waals surface area contributed by atoms with E-state index >= 15 is 0 Å². The molecular formula is C12H13ClN2O2S. The van der Waals surface area contributed by atoms with E-state index in [0.29, 0.717) is 12.3 Å². The summed E-state index contributed by atoms with van der Waals surface area (Å²) in [4.78, 5) is 17.3. The van der Waals surface area contributed by atoms with Crippen molar-refractivity contribution in [2.45, 2.75) is 26.3 Å². The molecule has 1 amide bonds. The first-order chi connectivity index (χ1) is 8.60. The fourth-order valence-electron chi connectivity index (χ4n) is 1.43. The quantitative estimate of drug-likeness (QED) is 0.878. The number of thiazole rings is 1. The third-order valence-corrected chi connectivity index (χ3v) is 3.83. The molecule has 2 heterocycles. The molecule has 2 aromatic heterocycles. The fourth-order valence-corrected chi connectivity index (χ4v) is 2.45. The van der Waals surface area contributed by atoms with E-state index in [4.69, 9.17) is 16.0 Å². The van der Waals surface area contributed by atoms with E-state index in [2.05, 4.69) is 10.3 Å². The molecule has 2 aromatic rings. The fraction of sp³-hybridized carbons (Fsp3) is 0.333. The Bertz CT molecular complexity index is 543. The summed E-state index contributed by atoms with van der Waals surface area (Å²) < 4.78 is 5.25. The predicted molar refractivity (Wildman–Crippen MR) is 71.0 cm³/mol. The van der Waals surface area contributed by atoms with E-state index in [1.807, 2.05) is 13.8 Å². The van der Waals surface area contributed by atoms with E-state index in [0.717, 1.165) is 10.7 Å². The Morgan fingerprint density at radius 2 is 2.28 bits per heavy atom. The number of hydrogen-bond acceptors (Lipinski definition) is 4. The molecule has 0 fully saturated rings. The Kier molecular flexibility index (Phi) is 4.04. The first-order valence-corrected chi connectivity index (χ1v) is 6.81. The number of aryl methyl sites for hydroxylation is 2. The summed E-state index contributed by atoms with van der Waals surface area (Å²) in [5, 5.41) is 3.66. The van der Waals surface area contributed by atoms with Gasteiger partial charge in [-0.3, -0.25) is 4.79 Å². The Balaban J connectivity index is 1.95. The van der Waals surface area contributed by atoms with Crippen LogP contribution in [0.25, 0.3) is 0 Å². The van der Waals surface area contributed by atoms with Crippen molar-refractivity contribution < 1.29 is 9.21 Å². The molecule has 0 aliphatic carbocycles. The van der Waals surface area contributed by atoms with Gasteiger partial charge in [0.05, 0.1) is 18.1 Å². The van der Waals surface area contributed by atoms with Gasteiger partial charge in [-0.1, -0.05) is 0 Å². The van der Waals surface area contributed by atoms with E-state index in [-0.39, 0.29) is 17.5 Å². The summed E-state index contributed by atoms with van der Waals surface area (Å²) in [6, 6.07) is 3.31. The summed E-state index contributed by atoms with van der Waals surface area (Å²) in [6.07, 6.45) is 0. The van der Waals surface area contributed by atoms with Crippen LogP contribution in [0.3, 0.4) is 0 Å². The van der Waals surface area contributed by atoms with Crippen LogP contribution in [0.15, 0.2) is 16.5 Å². The van der Waals surface area contributed by atoms with Crippen molar-refractivity contribution in [1.82, 2.24) is 10.3 Å². The highest BCUT2D eigenvalue weighted by molar-refractivity contribution is 7.11. The molecule has 4 nitrogen and oxygen atoms in total. The van der Waals surface area contributed by atoms with Gasteiger partial charge in [0.25, 0.3) is 5.91 Å². The number of hydrogen-bond donors (Lipinski definition) is 1. The molecule has 18 heavy (non-hydrogen) atoms. The number of furan rings is 1. The van der Waals surface area contributed by atoms with Gasteiger partial charge in [-0.25, -0.2) is 4.98 Å². The van der Waals surface area contributed by atoms with Gasteiger partial charge in [-0.2, -0.15) is 0 Å². The molecule has 6 heteroatoms. The number of amides is 1. The third kappa shape index (κ3) is 2.91. The number of rotatable bonds is 4. The summed E-state index contributed by atoms with van der Waals surface area (Å²) in [7, 11) is 0. The molecule has 0 radical (unpaired) electrons. The molecule has 96 valence electrons. The molecule has 2 rings (SSSR count). The SMILES string of the molecule is Cc1nc(CNC(=O)c2ccc(CCl)o2)sc1C. The van der Waals surface area contributed by atoms with Crippen molar-refractivity contribution in [3.8, 4) is 0 Å². The van der Waals surface area contributed by atoms with Gasteiger partial charge in [-0.05, 0) is 26.0 Å². The molecule has 0 spiro atoms. The molecule has 0 aromatic carbocycles. The Morgan fingerprint density at radius 3 is 2.83 bits per heavy atom. The van der Waals surface area contributed by atoms with E-state index in [9.17, 15) is 4.79 Å². The van der Waals surface area contributed by atoms with Gasteiger partial charge in [0.15, 0.2) is 5.76 Å². The first kappa shape index (κ1) is 13.1. The zero-order valence-corrected chi connectivity index (χ0v) is 11.7. The van der Waals surface area contributed by atoms with Crippen molar-refractivity contribution >= 4 is 28.8 Å². The number of nitrogens with zero attached hydrogens (tertiary/aromatic N) is 1. The Hall–Kier alpha value is -1.33. The molecular weight excluding hydrogens is 272 g/mol. The molecule has 0 aliphatic rings. The Morgan fingerprint density at radius 1 is 1.50 bits per heavy atom. The maximum absolute atomic E-state index is 11.8. The summed E-state index contributed by atoms with van der Waals surface area (Å²) in [6.45, 7) is 4.38. The zero-order chi connectivity index (χ0) is 13.1. The minimum atomic E-state index is -0.253. The molecule has 0 saturated carbocycles. The topological polar surface area (TPSA) is 55.1 Å². The average Bonchev–Trinajstić information content (AvgIpc) is 2.94. The second-order valence-electron chi connectivity index (χ2n) is 3.83. The molecule has 0 bridgehead atoms. The number of carbonyl (C=O) groups excluding carboxylic acids is 1. The van der Waals surface area contributed by atoms with Crippen LogP contribution in [-0.2, 0) is 12.4 Å². The number of halogens is 1. The van der Waals surface area contributed by atoms with Crippen molar-refractivity contribution in [2.75, 3.05) is 0 Å². The molecule has 0 aliphatic heterocycles. The van der Waals surface area contributed by atoms with Gasteiger partial charge in [-0.15, -0.1) is 22.9 Å². The van der Waals surface area contributed by atoms with Gasteiger partial charge >= 0.3 is 0 Å². The maximum atomic E-state index is 11.8. The van der Waals surface area contributed by atoms with Crippen LogP contribution in [0.2, 0.25) is 0 Å². The molecule has 0 atom stereocenters. The third-order valence-electron chi connectivity index (χ3n) is 2.49. The maximum Gasteiger partial charge on any atom is 0.287 e. The van der Waals surface area contributed by atoms with Crippen molar-refractivity contribution in [3.05, 3.63) is 39.2 Å². The summed E-state index contributed by atoms with van der Waals surface area (Å²) in [5.74, 6) is 0.869. The largest absolute Gasteiger partial charge is 0.455 e. The number of carbonyl (C=O) groups is 1. The standard InChI is InChI=1S/C12H13ClN2O2S/c1-7-8(2)18-11(15-7)6-14-12(16)10-4-3-9(5-13)17-10/h3-4H,5-6H2,1-2H3,(H,14,16). The molecule has 0 saturated heterocycles. The van der Waals surface area contributed by atoms with Crippen LogP contribution >= 0.6 is 22.9 Å². The van der Waals surface area contributed by atoms with Gasteiger partial charge in [0.1, 0.15) is 10.8 Å². The highest BCUT2D eigenvalue weighted by Crippen LogP contribution is 2.16. The lowest BCUT2D eigenvalue weighted by Crippen LogP contribution is -2.22. The second-order valence-corrected chi connectivity index (χ2v) is 5.39. The minimum Gasteiger partial charge on any atom is -0.455 e. The van der Waals surface area contributed by atoms with E-state index in [1.165, 1.54) is 4.88 Å². The van der Waals surface area contributed by atoms with Gasteiger partial charge in [0, 0.05) is 4.88 Å². The van der Waals surface area contributed by atoms with Crippen LogP contribution in [0.1, 0.15) is 31.9 Å². The van der Waals surface area contributed by atoms with Gasteiger partial charge < -0.3 is 9.73 Å². The lowest BCUT2D eigenvalue weighted by Gasteiger charge is -1.99. The summed E-state index contributed by atoms with van der Waals surface area (Å²) in [5.41, 5.74) is 1.01. The van der Waals surface area contributed by atoms with Crippen molar-refractivity contribution in [3.63, 3.8) is 0 Å². The monoisotopic (exact) mass is 284 g/mol. The van der Waals surface area contributed by atoms with Crippen molar-refractivity contribution in [2.24, 2.45) is 0 Å². The minimum absolute atomic E-state index is 0.253. The van der Waals surface area contributed by atoms with Crippen molar-refractivity contribution in [1.29, 1.82) is 0 Å². The number of alkyl halides is 1. The lowest BCUT2D eigenvalue weighted by atomic mass is 10.4. The van der Waals surface area contributed by atoms with E-state index < -0.39 is 0 Å². The Labute approximate surface area is 114 Å². The molecule has 1 N–H and O–H groups in total. The smallest absolute Gasteiger partial charge is 0.287 e. The molecule has 0 unspecified atom stereocenters. The first-order valence-electron chi connectivity index (χ1n) is 5.46. The second kappa shape index (κ2) is 5.54. The van der Waals surface area contributed by atoms with Crippen LogP contribution in [0, 0.1) is 13.8 Å². The number of aromatic nitrogens is 1. The lowest BCUT2D eigenvalue weighted by molar-refractivity contribution is 0.0921. The summed E-state index contributed by atoms with van der Waals surface area (Å²) >= 11 is 7.19. The van der Waals surface area contributed by atoms with Crippen LogP contribution in [0.4, 0.5) is 0 Å². The number of nitrogens with one attached hydrogen (secondary N) is 1.